The summed E-state index contributed by atoms with van der Waals surface area (Å²) in [6, 6.07) is 0. The molecule has 0 bridgehead atoms. The Morgan fingerprint density at radius 3 is 2.56 bits per heavy atom. The highest BCUT2D eigenvalue weighted by Crippen LogP contribution is 2.05. The lowest BCUT2D eigenvalue weighted by Gasteiger charge is -2.06. The maximum absolute atomic E-state index is 10.2. The van der Waals surface area contributed by atoms with Crippen molar-refractivity contribution in [3.8, 4) is 0 Å². The lowest BCUT2D eigenvalue weighted by atomic mass is 10.1. The number of aliphatic hydroxyl groups is 2. The summed E-state index contributed by atoms with van der Waals surface area (Å²) in [7, 11) is 0. The van der Waals surface area contributed by atoms with Gasteiger partial charge in [0.05, 0.1) is 12.2 Å². The van der Waals surface area contributed by atoms with Crippen molar-refractivity contribution in [2.45, 2.75) is 57.7 Å². The topological polar surface area (TPSA) is 77.8 Å². The van der Waals surface area contributed by atoms with E-state index in [0.717, 1.165) is 12.8 Å². The van der Waals surface area contributed by atoms with Gasteiger partial charge in [-0.25, -0.2) is 0 Å². The molecule has 0 aliphatic carbocycles. The first-order valence-electron chi connectivity index (χ1n) is 5.80. The fourth-order valence-electron chi connectivity index (χ4n) is 1.40. The number of hydrogen-bond donors (Lipinski definition) is 3. The maximum atomic E-state index is 10.2. The summed E-state index contributed by atoms with van der Waals surface area (Å²) in [5, 5.41) is 27.2. The Morgan fingerprint density at radius 2 is 2.00 bits per heavy atom. The van der Waals surface area contributed by atoms with Gasteiger partial charge in [-0.05, 0) is 25.7 Å². The van der Waals surface area contributed by atoms with Gasteiger partial charge in [0.15, 0.2) is 0 Å². The van der Waals surface area contributed by atoms with Crippen LogP contribution in [0.25, 0.3) is 0 Å². The predicted molar refractivity (Wildman–Crippen MR) is 62.2 cm³/mol. The van der Waals surface area contributed by atoms with Crippen LogP contribution < -0.4 is 0 Å². The first-order valence-corrected chi connectivity index (χ1v) is 5.80. The fraction of sp³-hybridized carbons (Fsp3) is 0.750. The summed E-state index contributed by atoms with van der Waals surface area (Å²) in [6.07, 6.45) is 5.70. The molecule has 0 fully saturated rings. The van der Waals surface area contributed by atoms with Gasteiger partial charge in [-0.2, -0.15) is 0 Å². The second-order valence-corrected chi connectivity index (χ2v) is 3.96. The van der Waals surface area contributed by atoms with Gasteiger partial charge >= 0.3 is 5.97 Å². The number of carboxylic acids is 1. The van der Waals surface area contributed by atoms with Gasteiger partial charge in [-0.1, -0.05) is 25.5 Å². The first-order chi connectivity index (χ1) is 7.56. The molecule has 2 unspecified atom stereocenters. The Balaban J connectivity index is 3.57. The quantitative estimate of drug-likeness (QED) is 0.527. The third-order valence-corrected chi connectivity index (χ3v) is 2.28. The molecule has 0 radical (unpaired) electrons. The van der Waals surface area contributed by atoms with Gasteiger partial charge in [0.1, 0.15) is 0 Å². The smallest absolute Gasteiger partial charge is 0.303 e. The zero-order chi connectivity index (χ0) is 12.4. The van der Waals surface area contributed by atoms with Crippen molar-refractivity contribution in [2.75, 3.05) is 0 Å². The summed E-state index contributed by atoms with van der Waals surface area (Å²) in [5.74, 6) is -0.838. The minimum Gasteiger partial charge on any atom is -0.481 e. The molecule has 0 aromatic heterocycles. The van der Waals surface area contributed by atoms with E-state index in [4.69, 9.17) is 5.11 Å². The monoisotopic (exact) mass is 230 g/mol. The summed E-state index contributed by atoms with van der Waals surface area (Å²) in [5.41, 5.74) is 0. The Labute approximate surface area is 96.6 Å². The van der Waals surface area contributed by atoms with Crippen LogP contribution in [0.1, 0.15) is 45.4 Å². The average Bonchev–Trinajstić information content (AvgIpc) is 2.17. The molecule has 2 atom stereocenters. The molecular weight excluding hydrogens is 208 g/mol. The molecule has 16 heavy (non-hydrogen) atoms. The van der Waals surface area contributed by atoms with Crippen LogP contribution in [0.4, 0.5) is 0 Å². The number of aliphatic carboxylic acids is 1. The highest BCUT2D eigenvalue weighted by atomic mass is 16.4. The lowest BCUT2D eigenvalue weighted by molar-refractivity contribution is -0.137. The van der Waals surface area contributed by atoms with Crippen molar-refractivity contribution >= 4 is 5.97 Å². The Bertz CT molecular complexity index is 213. The van der Waals surface area contributed by atoms with E-state index >= 15 is 0 Å². The third-order valence-electron chi connectivity index (χ3n) is 2.28. The third kappa shape index (κ3) is 9.68. The van der Waals surface area contributed by atoms with Gasteiger partial charge in [0.25, 0.3) is 0 Å². The minimum absolute atomic E-state index is 0.0867. The highest BCUT2D eigenvalue weighted by Gasteiger charge is 2.03. The molecule has 0 aromatic rings. The van der Waals surface area contributed by atoms with E-state index < -0.39 is 12.1 Å². The largest absolute Gasteiger partial charge is 0.481 e. The van der Waals surface area contributed by atoms with E-state index in [1.54, 1.807) is 12.2 Å². The van der Waals surface area contributed by atoms with E-state index in [1.165, 1.54) is 0 Å². The second kappa shape index (κ2) is 9.36. The van der Waals surface area contributed by atoms with Gasteiger partial charge in [-0.15, -0.1) is 0 Å². The molecule has 0 aliphatic heterocycles. The zero-order valence-electron chi connectivity index (χ0n) is 9.80. The SMILES string of the molecule is CCCC(O)CC=CC(O)CCCC(=O)O. The van der Waals surface area contributed by atoms with Gasteiger partial charge in [0, 0.05) is 6.42 Å². The Hall–Kier alpha value is -0.870. The van der Waals surface area contributed by atoms with Crippen LogP contribution in [0, 0.1) is 0 Å². The zero-order valence-corrected chi connectivity index (χ0v) is 9.80. The summed E-state index contributed by atoms with van der Waals surface area (Å²) in [4.78, 5) is 10.2. The Morgan fingerprint density at radius 1 is 1.31 bits per heavy atom. The van der Waals surface area contributed by atoms with Crippen LogP contribution in [0.15, 0.2) is 12.2 Å². The molecule has 4 heteroatoms. The van der Waals surface area contributed by atoms with Crippen LogP contribution >= 0.6 is 0 Å². The number of carboxylic acid groups (broad SMARTS) is 1. The minimum atomic E-state index is -0.838. The summed E-state index contributed by atoms with van der Waals surface area (Å²) < 4.78 is 0. The number of carbonyl (C=O) groups is 1. The molecule has 0 aliphatic rings. The van der Waals surface area contributed by atoms with Crippen molar-refractivity contribution in [3.05, 3.63) is 12.2 Å². The maximum Gasteiger partial charge on any atom is 0.303 e. The van der Waals surface area contributed by atoms with Crippen molar-refractivity contribution in [3.63, 3.8) is 0 Å². The fourth-order valence-corrected chi connectivity index (χ4v) is 1.40. The first kappa shape index (κ1) is 15.1. The van der Waals surface area contributed by atoms with Crippen LogP contribution in [0.5, 0.6) is 0 Å². The van der Waals surface area contributed by atoms with E-state index in [-0.39, 0.29) is 12.5 Å². The van der Waals surface area contributed by atoms with Crippen LogP contribution in [0.3, 0.4) is 0 Å². The average molecular weight is 230 g/mol. The molecule has 0 heterocycles. The normalized spacial score (nSPS) is 15.2. The van der Waals surface area contributed by atoms with Crippen molar-refractivity contribution in [1.29, 1.82) is 0 Å². The van der Waals surface area contributed by atoms with Crippen LogP contribution in [0.2, 0.25) is 0 Å². The molecule has 94 valence electrons. The van der Waals surface area contributed by atoms with Gasteiger partial charge in [-0.3, -0.25) is 4.79 Å². The summed E-state index contributed by atoms with van der Waals surface area (Å²) in [6.45, 7) is 2.01. The Kier molecular flexibility index (Phi) is 8.85. The molecule has 0 spiro atoms. The number of hydrogen-bond acceptors (Lipinski definition) is 3. The molecular formula is C12H22O4. The predicted octanol–water partition coefficient (Wildman–Crippen LogP) is 1.71. The molecule has 0 saturated heterocycles. The van der Waals surface area contributed by atoms with E-state index in [9.17, 15) is 15.0 Å². The lowest BCUT2D eigenvalue weighted by Crippen LogP contribution is -2.06. The second-order valence-electron chi connectivity index (χ2n) is 3.96. The van der Waals surface area contributed by atoms with Gasteiger partial charge < -0.3 is 15.3 Å². The van der Waals surface area contributed by atoms with Crippen LogP contribution in [-0.2, 0) is 4.79 Å². The molecule has 0 amide bonds. The van der Waals surface area contributed by atoms with E-state index in [0.29, 0.717) is 19.3 Å². The van der Waals surface area contributed by atoms with Crippen LogP contribution in [-0.4, -0.2) is 33.5 Å². The van der Waals surface area contributed by atoms with Crippen molar-refractivity contribution < 1.29 is 20.1 Å². The van der Waals surface area contributed by atoms with E-state index in [2.05, 4.69) is 0 Å². The number of rotatable bonds is 9. The van der Waals surface area contributed by atoms with Crippen molar-refractivity contribution in [1.82, 2.24) is 0 Å². The molecule has 4 nitrogen and oxygen atoms in total. The standard InChI is InChI=1S/C12H22O4/c1-2-5-10(13)6-3-7-11(14)8-4-9-12(15)16/h3,7,10-11,13-14H,2,4-6,8-9H2,1H3,(H,15,16). The molecule has 0 aromatic carbocycles. The van der Waals surface area contributed by atoms with Crippen molar-refractivity contribution in [2.24, 2.45) is 0 Å². The highest BCUT2D eigenvalue weighted by molar-refractivity contribution is 5.66. The number of aliphatic hydroxyl groups excluding tert-OH is 2. The molecule has 0 saturated carbocycles. The van der Waals surface area contributed by atoms with Gasteiger partial charge in [0.2, 0.25) is 0 Å². The molecule has 0 rings (SSSR count). The molecule has 3 N–H and O–H groups in total. The van der Waals surface area contributed by atoms with E-state index in [1.807, 2.05) is 6.92 Å². The summed E-state index contributed by atoms with van der Waals surface area (Å²) >= 11 is 0.